The average Bonchev–Trinajstić information content (AvgIpc) is 2.48. The summed E-state index contributed by atoms with van der Waals surface area (Å²) in [6.07, 6.45) is 0.883. The fourth-order valence-electron chi connectivity index (χ4n) is 2.12. The molecule has 0 aliphatic heterocycles. The standard InChI is InChI=1S/C17H19BrClNO/c1-4-12-9-14(6-8-16(12)19)21-17-10-13(18)5-7-15(17)11(2)20-3/h5-11,20H,4H2,1-3H3. The van der Waals surface area contributed by atoms with E-state index in [1.165, 1.54) is 0 Å². The van der Waals surface area contributed by atoms with E-state index in [9.17, 15) is 0 Å². The minimum atomic E-state index is 0.214. The van der Waals surface area contributed by atoms with E-state index in [0.717, 1.165) is 38.5 Å². The lowest BCUT2D eigenvalue weighted by atomic mass is 10.1. The molecule has 1 unspecified atom stereocenters. The van der Waals surface area contributed by atoms with Crippen LogP contribution in [0, 0.1) is 0 Å². The number of hydrogen-bond donors (Lipinski definition) is 1. The molecule has 0 saturated carbocycles. The van der Waals surface area contributed by atoms with E-state index in [2.05, 4.69) is 41.2 Å². The smallest absolute Gasteiger partial charge is 0.133 e. The molecule has 0 spiro atoms. The highest BCUT2D eigenvalue weighted by molar-refractivity contribution is 9.10. The van der Waals surface area contributed by atoms with Crippen molar-refractivity contribution in [1.82, 2.24) is 5.32 Å². The summed E-state index contributed by atoms with van der Waals surface area (Å²) < 4.78 is 7.08. The van der Waals surface area contributed by atoms with Gasteiger partial charge in [-0.05, 0) is 56.3 Å². The van der Waals surface area contributed by atoms with E-state index >= 15 is 0 Å². The van der Waals surface area contributed by atoms with Crippen LogP contribution in [-0.2, 0) is 6.42 Å². The Labute approximate surface area is 139 Å². The van der Waals surface area contributed by atoms with Crippen LogP contribution in [0.25, 0.3) is 0 Å². The van der Waals surface area contributed by atoms with Crippen molar-refractivity contribution < 1.29 is 4.74 Å². The third-order valence-corrected chi connectivity index (χ3v) is 4.36. The molecule has 0 heterocycles. The molecule has 0 aliphatic carbocycles. The van der Waals surface area contributed by atoms with Crippen molar-refractivity contribution in [2.24, 2.45) is 0 Å². The molecule has 2 aromatic carbocycles. The van der Waals surface area contributed by atoms with E-state index in [1.807, 2.05) is 37.4 Å². The minimum absolute atomic E-state index is 0.214. The predicted molar refractivity (Wildman–Crippen MR) is 92.5 cm³/mol. The van der Waals surface area contributed by atoms with E-state index in [1.54, 1.807) is 0 Å². The molecule has 0 fully saturated rings. The van der Waals surface area contributed by atoms with Crippen molar-refractivity contribution >= 4 is 27.5 Å². The summed E-state index contributed by atoms with van der Waals surface area (Å²) in [4.78, 5) is 0. The first-order valence-corrected chi connectivity index (χ1v) is 8.15. The molecule has 0 aromatic heterocycles. The number of rotatable bonds is 5. The normalized spacial score (nSPS) is 12.2. The maximum atomic E-state index is 6.16. The Kier molecular flexibility index (Phi) is 5.68. The quantitative estimate of drug-likeness (QED) is 0.727. The molecule has 1 N–H and O–H groups in total. The fourth-order valence-corrected chi connectivity index (χ4v) is 2.71. The molecule has 21 heavy (non-hydrogen) atoms. The van der Waals surface area contributed by atoms with Crippen LogP contribution in [0.4, 0.5) is 0 Å². The van der Waals surface area contributed by atoms with Crippen LogP contribution >= 0.6 is 27.5 Å². The number of aryl methyl sites for hydroxylation is 1. The molecule has 0 bridgehead atoms. The molecule has 0 saturated heterocycles. The van der Waals surface area contributed by atoms with Gasteiger partial charge in [-0.1, -0.05) is 40.5 Å². The highest BCUT2D eigenvalue weighted by Gasteiger charge is 2.12. The topological polar surface area (TPSA) is 21.3 Å². The summed E-state index contributed by atoms with van der Waals surface area (Å²) in [6, 6.07) is 12.1. The SMILES string of the molecule is CCc1cc(Oc2cc(Br)ccc2C(C)NC)ccc1Cl. The maximum Gasteiger partial charge on any atom is 0.133 e. The number of halogens is 2. The molecular weight excluding hydrogens is 350 g/mol. The summed E-state index contributed by atoms with van der Waals surface area (Å²) >= 11 is 9.65. The Morgan fingerprint density at radius 3 is 2.67 bits per heavy atom. The first-order chi connectivity index (χ1) is 10.0. The molecule has 0 amide bonds. The van der Waals surface area contributed by atoms with Crippen LogP contribution in [-0.4, -0.2) is 7.05 Å². The second kappa shape index (κ2) is 7.30. The van der Waals surface area contributed by atoms with Crippen LogP contribution in [0.15, 0.2) is 40.9 Å². The summed E-state index contributed by atoms with van der Waals surface area (Å²) in [6.45, 7) is 4.19. The minimum Gasteiger partial charge on any atom is -0.457 e. The summed E-state index contributed by atoms with van der Waals surface area (Å²) in [5.41, 5.74) is 2.21. The van der Waals surface area contributed by atoms with Crippen LogP contribution < -0.4 is 10.1 Å². The number of ether oxygens (including phenoxy) is 1. The van der Waals surface area contributed by atoms with Crippen LogP contribution in [0.2, 0.25) is 5.02 Å². The second-order valence-electron chi connectivity index (χ2n) is 4.90. The zero-order chi connectivity index (χ0) is 15.4. The third kappa shape index (κ3) is 4.00. The van der Waals surface area contributed by atoms with Crippen molar-refractivity contribution in [3.8, 4) is 11.5 Å². The van der Waals surface area contributed by atoms with Gasteiger partial charge in [0.2, 0.25) is 0 Å². The molecule has 4 heteroatoms. The zero-order valence-electron chi connectivity index (χ0n) is 12.4. The lowest BCUT2D eigenvalue weighted by Gasteiger charge is -2.17. The number of nitrogens with one attached hydrogen (secondary N) is 1. The molecule has 1 atom stereocenters. The van der Waals surface area contributed by atoms with Crippen LogP contribution in [0.5, 0.6) is 11.5 Å². The third-order valence-electron chi connectivity index (χ3n) is 3.50. The van der Waals surface area contributed by atoms with Gasteiger partial charge >= 0.3 is 0 Å². The van der Waals surface area contributed by atoms with E-state index in [0.29, 0.717) is 0 Å². The van der Waals surface area contributed by atoms with Gasteiger partial charge in [0.25, 0.3) is 0 Å². The van der Waals surface area contributed by atoms with Crippen molar-refractivity contribution in [1.29, 1.82) is 0 Å². The lowest BCUT2D eigenvalue weighted by molar-refractivity contribution is 0.465. The highest BCUT2D eigenvalue weighted by Crippen LogP contribution is 2.33. The monoisotopic (exact) mass is 367 g/mol. The van der Waals surface area contributed by atoms with E-state index in [-0.39, 0.29) is 6.04 Å². The van der Waals surface area contributed by atoms with Gasteiger partial charge < -0.3 is 10.1 Å². The van der Waals surface area contributed by atoms with E-state index in [4.69, 9.17) is 16.3 Å². The average molecular weight is 369 g/mol. The van der Waals surface area contributed by atoms with Gasteiger partial charge in [-0.3, -0.25) is 0 Å². The van der Waals surface area contributed by atoms with Crippen molar-refractivity contribution in [2.75, 3.05) is 7.05 Å². The van der Waals surface area contributed by atoms with Gasteiger partial charge in [-0.25, -0.2) is 0 Å². The lowest BCUT2D eigenvalue weighted by Crippen LogP contribution is -2.13. The molecule has 0 aliphatic rings. The predicted octanol–water partition coefficient (Wildman–Crippen LogP) is 5.74. The zero-order valence-corrected chi connectivity index (χ0v) is 14.8. The van der Waals surface area contributed by atoms with Gasteiger partial charge in [0.15, 0.2) is 0 Å². The molecule has 0 radical (unpaired) electrons. The van der Waals surface area contributed by atoms with Crippen LogP contribution in [0.1, 0.15) is 31.0 Å². The highest BCUT2D eigenvalue weighted by atomic mass is 79.9. The van der Waals surface area contributed by atoms with Crippen LogP contribution in [0.3, 0.4) is 0 Å². The second-order valence-corrected chi connectivity index (χ2v) is 6.22. The summed E-state index contributed by atoms with van der Waals surface area (Å²) in [5.74, 6) is 1.65. The van der Waals surface area contributed by atoms with Gasteiger partial charge in [0.05, 0.1) is 0 Å². The van der Waals surface area contributed by atoms with Crippen molar-refractivity contribution in [3.05, 3.63) is 57.0 Å². The summed E-state index contributed by atoms with van der Waals surface area (Å²) in [7, 11) is 1.94. The van der Waals surface area contributed by atoms with Gasteiger partial charge in [-0.15, -0.1) is 0 Å². The molecule has 2 nitrogen and oxygen atoms in total. The van der Waals surface area contributed by atoms with Gasteiger partial charge in [-0.2, -0.15) is 0 Å². The molecule has 2 rings (SSSR count). The first-order valence-electron chi connectivity index (χ1n) is 6.98. The Hall–Kier alpha value is -1.03. The van der Waals surface area contributed by atoms with Crippen molar-refractivity contribution in [3.63, 3.8) is 0 Å². The number of benzene rings is 2. The molecular formula is C17H19BrClNO. The summed E-state index contributed by atoms with van der Waals surface area (Å²) in [5, 5.41) is 4.02. The number of hydrogen-bond acceptors (Lipinski definition) is 2. The largest absolute Gasteiger partial charge is 0.457 e. The fraction of sp³-hybridized carbons (Fsp3) is 0.294. The molecule has 112 valence electrons. The maximum absolute atomic E-state index is 6.16. The van der Waals surface area contributed by atoms with Gasteiger partial charge in [0, 0.05) is 21.1 Å². The Bertz CT molecular complexity index is 630. The van der Waals surface area contributed by atoms with E-state index < -0.39 is 0 Å². The molecule has 2 aromatic rings. The Balaban J connectivity index is 2.36. The Morgan fingerprint density at radius 1 is 1.24 bits per heavy atom. The van der Waals surface area contributed by atoms with Gasteiger partial charge in [0.1, 0.15) is 11.5 Å². The first kappa shape index (κ1) is 16.3. The Morgan fingerprint density at radius 2 is 2.00 bits per heavy atom. The van der Waals surface area contributed by atoms with Crippen molar-refractivity contribution in [2.45, 2.75) is 26.3 Å².